The van der Waals surface area contributed by atoms with E-state index in [1.165, 1.54) is 12.1 Å². The van der Waals surface area contributed by atoms with E-state index in [9.17, 15) is 18.0 Å². The number of nitrogens with zero attached hydrogens (tertiary/aromatic N) is 2. The van der Waals surface area contributed by atoms with Crippen molar-refractivity contribution in [3.05, 3.63) is 59.4 Å². The molecule has 0 N–H and O–H groups in total. The number of amides is 1. The molecule has 1 atom stereocenters. The first-order chi connectivity index (χ1) is 14.9. The van der Waals surface area contributed by atoms with Crippen molar-refractivity contribution >= 4 is 5.91 Å². The summed E-state index contributed by atoms with van der Waals surface area (Å²) in [5.41, 5.74) is 1.04. The Labute approximate surface area is 190 Å². The molecule has 0 saturated heterocycles. The second kappa shape index (κ2) is 11.1. The zero-order valence-electron chi connectivity index (χ0n) is 20.0. The third kappa shape index (κ3) is 8.36. The molecule has 1 aromatic carbocycles. The molecule has 6 heteroatoms. The van der Waals surface area contributed by atoms with Crippen LogP contribution in [0, 0.1) is 11.3 Å². The van der Waals surface area contributed by atoms with Crippen LogP contribution >= 0.6 is 0 Å². The first-order valence-electron chi connectivity index (χ1n) is 11.5. The summed E-state index contributed by atoms with van der Waals surface area (Å²) in [6, 6.07) is 9.25. The Kier molecular flexibility index (Phi) is 8.99. The summed E-state index contributed by atoms with van der Waals surface area (Å²) in [6.45, 7) is 12.3. The van der Waals surface area contributed by atoms with E-state index in [2.05, 4.69) is 34.6 Å². The Balaban J connectivity index is 2.13. The lowest BCUT2D eigenvalue weighted by molar-refractivity contribution is -0.137. The highest BCUT2D eigenvalue weighted by Gasteiger charge is 2.30. The highest BCUT2D eigenvalue weighted by Crippen LogP contribution is 2.30. The molecule has 2 rings (SSSR count). The molecule has 0 radical (unpaired) electrons. The Bertz CT molecular complexity index is 864. The zero-order valence-corrected chi connectivity index (χ0v) is 20.0. The molecule has 32 heavy (non-hydrogen) atoms. The van der Waals surface area contributed by atoms with Crippen molar-refractivity contribution in [1.29, 1.82) is 0 Å². The topological polar surface area (TPSA) is 25.2 Å². The fourth-order valence-corrected chi connectivity index (χ4v) is 4.17. The molecule has 1 aromatic heterocycles. The van der Waals surface area contributed by atoms with Gasteiger partial charge in [-0.25, -0.2) is 0 Å². The summed E-state index contributed by atoms with van der Waals surface area (Å²) in [7, 11) is 0. The van der Waals surface area contributed by atoms with Crippen LogP contribution in [0.5, 0.6) is 0 Å². The first kappa shape index (κ1) is 26.0. The lowest BCUT2D eigenvalue weighted by Crippen LogP contribution is -2.33. The fourth-order valence-electron chi connectivity index (χ4n) is 4.17. The standard InChI is InChI=1S/C26H37F3N2O/c1-6-7-13-31(24(32)15-20(2)17-25(3,4)5)19-23-12-9-14-30(23)18-21-10-8-11-22(16-21)26(27,28)29/h8-12,14,16,20H,6-7,13,15,17-19H2,1-5H3. The number of benzene rings is 1. The normalized spacial score (nSPS) is 13.2. The molecule has 0 aliphatic carbocycles. The van der Waals surface area contributed by atoms with Crippen molar-refractivity contribution in [3.63, 3.8) is 0 Å². The lowest BCUT2D eigenvalue weighted by Gasteiger charge is -2.27. The third-order valence-electron chi connectivity index (χ3n) is 5.50. The van der Waals surface area contributed by atoms with E-state index in [-0.39, 0.29) is 11.3 Å². The smallest absolute Gasteiger partial charge is 0.345 e. The van der Waals surface area contributed by atoms with Gasteiger partial charge in [0.25, 0.3) is 0 Å². The van der Waals surface area contributed by atoms with Crippen LogP contribution < -0.4 is 0 Å². The van der Waals surface area contributed by atoms with E-state index in [1.807, 2.05) is 27.8 Å². The van der Waals surface area contributed by atoms with Gasteiger partial charge in [-0.15, -0.1) is 0 Å². The molecular formula is C26H37F3N2O. The Morgan fingerprint density at radius 1 is 1.12 bits per heavy atom. The van der Waals surface area contributed by atoms with E-state index >= 15 is 0 Å². The molecular weight excluding hydrogens is 413 g/mol. The first-order valence-corrected chi connectivity index (χ1v) is 11.5. The second-order valence-electron chi connectivity index (χ2n) is 10.1. The third-order valence-corrected chi connectivity index (χ3v) is 5.50. The Morgan fingerprint density at radius 2 is 1.84 bits per heavy atom. The molecule has 0 fully saturated rings. The molecule has 178 valence electrons. The van der Waals surface area contributed by atoms with Gasteiger partial charge in [-0.2, -0.15) is 13.2 Å². The van der Waals surface area contributed by atoms with E-state index in [1.54, 1.807) is 6.07 Å². The summed E-state index contributed by atoms with van der Waals surface area (Å²) < 4.78 is 41.1. The van der Waals surface area contributed by atoms with Crippen molar-refractivity contribution in [2.24, 2.45) is 11.3 Å². The average Bonchev–Trinajstić information content (AvgIpc) is 3.09. The molecule has 0 bridgehead atoms. The molecule has 0 aliphatic heterocycles. The lowest BCUT2D eigenvalue weighted by atomic mass is 9.84. The van der Waals surface area contributed by atoms with Gasteiger partial charge in [-0.1, -0.05) is 53.2 Å². The summed E-state index contributed by atoms with van der Waals surface area (Å²) in [5.74, 6) is 0.436. The van der Waals surface area contributed by atoms with E-state index in [4.69, 9.17) is 0 Å². The maximum Gasteiger partial charge on any atom is 0.416 e. The van der Waals surface area contributed by atoms with E-state index in [0.29, 0.717) is 37.5 Å². The number of carbonyl (C=O) groups is 1. The van der Waals surface area contributed by atoms with Crippen molar-refractivity contribution in [2.75, 3.05) is 6.54 Å². The van der Waals surface area contributed by atoms with Gasteiger partial charge in [0, 0.05) is 31.4 Å². The van der Waals surface area contributed by atoms with Gasteiger partial charge in [-0.3, -0.25) is 4.79 Å². The number of hydrogen-bond donors (Lipinski definition) is 0. The number of rotatable bonds is 10. The van der Waals surface area contributed by atoms with Crippen LogP contribution in [0.4, 0.5) is 13.2 Å². The average molecular weight is 451 g/mol. The monoisotopic (exact) mass is 450 g/mol. The molecule has 1 heterocycles. The second-order valence-corrected chi connectivity index (χ2v) is 10.1. The van der Waals surface area contributed by atoms with Crippen LogP contribution in [0.1, 0.15) is 77.1 Å². The zero-order chi connectivity index (χ0) is 23.9. The van der Waals surface area contributed by atoms with Gasteiger partial charge in [0.2, 0.25) is 5.91 Å². The van der Waals surface area contributed by atoms with Crippen LogP contribution in [0.3, 0.4) is 0 Å². The maximum atomic E-state index is 13.1. The minimum absolute atomic E-state index is 0.141. The van der Waals surface area contributed by atoms with Gasteiger partial charge < -0.3 is 9.47 Å². The minimum atomic E-state index is -4.36. The maximum absolute atomic E-state index is 13.1. The Morgan fingerprint density at radius 3 is 2.47 bits per heavy atom. The Hall–Kier alpha value is -2.24. The van der Waals surface area contributed by atoms with Crippen LogP contribution in [-0.4, -0.2) is 21.9 Å². The predicted molar refractivity (Wildman–Crippen MR) is 123 cm³/mol. The number of carbonyl (C=O) groups excluding carboxylic acids is 1. The summed E-state index contributed by atoms with van der Waals surface area (Å²) in [5, 5.41) is 0. The van der Waals surface area contributed by atoms with Crippen LogP contribution in [0.15, 0.2) is 42.6 Å². The molecule has 0 aliphatic rings. The summed E-state index contributed by atoms with van der Waals surface area (Å²) in [4.78, 5) is 15.0. The number of unbranched alkanes of at least 4 members (excludes halogenated alkanes) is 1. The van der Waals surface area contributed by atoms with Gasteiger partial charge in [-0.05, 0) is 54.0 Å². The highest BCUT2D eigenvalue weighted by atomic mass is 19.4. The van der Waals surface area contributed by atoms with E-state index < -0.39 is 11.7 Å². The quantitative estimate of drug-likeness (QED) is 0.377. The highest BCUT2D eigenvalue weighted by molar-refractivity contribution is 5.76. The molecule has 1 amide bonds. The predicted octanol–water partition coefficient (Wildman–Crippen LogP) is 7.15. The fraction of sp³-hybridized carbons (Fsp3) is 0.577. The van der Waals surface area contributed by atoms with Crippen LogP contribution in [0.25, 0.3) is 0 Å². The summed E-state index contributed by atoms with van der Waals surface area (Å²) >= 11 is 0. The van der Waals surface area contributed by atoms with Crippen molar-refractivity contribution in [1.82, 2.24) is 9.47 Å². The SMILES string of the molecule is CCCCN(Cc1cccn1Cc1cccc(C(F)(F)F)c1)C(=O)CC(C)CC(C)(C)C. The molecule has 0 spiro atoms. The van der Waals surface area contributed by atoms with Gasteiger partial charge in [0.15, 0.2) is 0 Å². The molecule has 1 unspecified atom stereocenters. The number of alkyl halides is 3. The van der Waals surface area contributed by atoms with Gasteiger partial charge in [0.05, 0.1) is 12.1 Å². The van der Waals surface area contributed by atoms with Crippen LogP contribution in [-0.2, 0) is 24.1 Å². The number of halogens is 3. The van der Waals surface area contributed by atoms with E-state index in [0.717, 1.165) is 31.0 Å². The number of hydrogen-bond acceptors (Lipinski definition) is 1. The summed E-state index contributed by atoms with van der Waals surface area (Å²) in [6.07, 6.45) is 0.908. The minimum Gasteiger partial charge on any atom is -0.345 e. The van der Waals surface area contributed by atoms with Gasteiger partial charge in [0.1, 0.15) is 0 Å². The van der Waals surface area contributed by atoms with Crippen LogP contribution in [0.2, 0.25) is 0 Å². The number of aromatic nitrogens is 1. The van der Waals surface area contributed by atoms with Crippen molar-refractivity contribution < 1.29 is 18.0 Å². The molecule has 2 aromatic rings. The van der Waals surface area contributed by atoms with Gasteiger partial charge >= 0.3 is 6.18 Å². The molecule has 3 nitrogen and oxygen atoms in total. The molecule has 0 saturated carbocycles. The van der Waals surface area contributed by atoms with Crippen molar-refractivity contribution in [2.45, 2.75) is 79.6 Å². The largest absolute Gasteiger partial charge is 0.416 e. The van der Waals surface area contributed by atoms with Crippen molar-refractivity contribution in [3.8, 4) is 0 Å².